The number of hydrogen-bond donors (Lipinski definition) is 2. The number of primary amides is 1. The molecule has 0 aliphatic heterocycles. The van der Waals surface area contributed by atoms with E-state index in [0.29, 0.717) is 13.0 Å². The maximum absolute atomic E-state index is 11.0. The SMILES string of the molecule is CCc1ccc(CCOc2ccc(CC(S)C(N)=O)cc2)nc1. The molecule has 5 heteroatoms. The van der Waals surface area contributed by atoms with E-state index in [1.165, 1.54) is 5.56 Å². The van der Waals surface area contributed by atoms with Gasteiger partial charge in [0.15, 0.2) is 0 Å². The van der Waals surface area contributed by atoms with Crippen LogP contribution in [0.5, 0.6) is 5.75 Å². The second-order valence-electron chi connectivity index (χ2n) is 5.38. The second-order valence-corrected chi connectivity index (χ2v) is 6.00. The Hall–Kier alpha value is -2.01. The first kappa shape index (κ1) is 17.3. The quantitative estimate of drug-likeness (QED) is 0.731. The van der Waals surface area contributed by atoms with Gasteiger partial charge in [-0.3, -0.25) is 9.78 Å². The van der Waals surface area contributed by atoms with Crippen LogP contribution >= 0.6 is 12.6 Å². The lowest BCUT2D eigenvalue weighted by Crippen LogP contribution is -2.25. The maximum Gasteiger partial charge on any atom is 0.230 e. The summed E-state index contributed by atoms with van der Waals surface area (Å²) < 4.78 is 5.72. The number of hydrogen-bond acceptors (Lipinski definition) is 4. The molecule has 1 atom stereocenters. The molecule has 0 aliphatic carbocycles. The summed E-state index contributed by atoms with van der Waals surface area (Å²) in [6, 6.07) is 11.8. The Morgan fingerprint density at radius 2 is 1.91 bits per heavy atom. The van der Waals surface area contributed by atoms with E-state index in [4.69, 9.17) is 10.5 Å². The van der Waals surface area contributed by atoms with Crippen LogP contribution in [0.2, 0.25) is 0 Å². The van der Waals surface area contributed by atoms with Crippen LogP contribution in [-0.4, -0.2) is 22.7 Å². The predicted octanol–water partition coefficient (Wildman–Crippen LogP) is 2.59. The molecule has 0 saturated carbocycles. The fourth-order valence-corrected chi connectivity index (χ4v) is 2.34. The molecule has 2 aromatic rings. The molecule has 2 N–H and O–H groups in total. The van der Waals surface area contributed by atoms with Gasteiger partial charge >= 0.3 is 0 Å². The van der Waals surface area contributed by atoms with Crippen molar-refractivity contribution in [2.45, 2.75) is 31.4 Å². The van der Waals surface area contributed by atoms with Crippen molar-refractivity contribution >= 4 is 18.5 Å². The van der Waals surface area contributed by atoms with Crippen LogP contribution in [0.25, 0.3) is 0 Å². The van der Waals surface area contributed by atoms with Crippen molar-refractivity contribution in [1.29, 1.82) is 0 Å². The van der Waals surface area contributed by atoms with Crippen molar-refractivity contribution in [2.24, 2.45) is 5.73 Å². The van der Waals surface area contributed by atoms with E-state index in [1.807, 2.05) is 36.5 Å². The number of pyridine rings is 1. The van der Waals surface area contributed by atoms with Crippen molar-refractivity contribution in [3.05, 3.63) is 59.4 Å². The van der Waals surface area contributed by atoms with E-state index in [9.17, 15) is 4.79 Å². The number of thiol groups is 1. The Kier molecular flexibility index (Phi) is 6.47. The fourth-order valence-electron chi connectivity index (χ4n) is 2.13. The van der Waals surface area contributed by atoms with Crippen molar-refractivity contribution in [3.63, 3.8) is 0 Å². The molecule has 0 bridgehead atoms. The number of nitrogens with zero attached hydrogens (tertiary/aromatic N) is 1. The largest absolute Gasteiger partial charge is 0.493 e. The molecule has 0 radical (unpaired) electrons. The Morgan fingerprint density at radius 3 is 2.48 bits per heavy atom. The number of rotatable bonds is 8. The van der Waals surface area contributed by atoms with Crippen molar-refractivity contribution < 1.29 is 9.53 Å². The molecule has 2 rings (SSSR count). The van der Waals surface area contributed by atoms with E-state index in [2.05, 4.69) is 30.6 Å². The van der Waals surface area contributed by atoms with E-state index in [1.54, 1.807) is 0 Å². The van der Waals surface area contributed by atoms with E-state index >= 15 is 0 Å². The second kappa shape index (κ2) is 8.58. The smallest absolute Gasteiger partial charge is 0.230 e. The monoisotopic (exact) mass is 330 g/mol. The third-order valence-electron chi connectivity index (χ3n) is 3.60. The first-order valence-electron chi connectivity index (χ1n) is 7.71. The fraction of sp³-hybridized carbons (Fsp3) is 0.333. The highest BCUT2D eigenvalue weighted by Gasteiger charge is 2.10. The minimum Gasteiger partial charge on any atom is -0.493 e. The molecule has 122 valence electrons. The summed E-state index contributed by atoms with van der Waals surface area (Å²) >= 11 is 4.16. The number of carbonyl (C=O) groups is 1. The summed E-state index contributed by atoms with van der Waals surface area (Å²) in [5.74, 6) is 0.393. The molecule has 0 spiro atoms. The normalized spacial score (nSPS) is 11.9. The van der Waals surface area contributed by atoms with Crippen LogP contribution in [0.1, 0.15) is 23.7 Å². The summed E-state index contributed by atoms with van der Waals surface area (Å²) in [5.41, 5.74) is 8.48. The highest BCUT2D eigenvalue weighted by atomic mass is 32.1. The molecular weight excluding hydrogens is 308 g/mol. The van der Waals surface area contributed by atoms with Gasteiger partial charge in [-0.2, -0.15) is 12.6 Å². The number of aromatic nitrogens is 1. The van der Waals surface area contributed by atoms with E-state index in [-0.39, 0.29) is 0 Å². The predicted molar refractivity (Wildman–Crippen MR) is 94.9 cm³/mol. The van der Waals surface area contributed by atoms with Gasteiger partial charge in [-0.25, -0.2) is 0 Å². The van der Waals surface area contributed by atoms with Crippen molar-refractivity contribution in [3.8, 4) is 5.75 Å². The van der Waals surface area contributed by atoms with Gasteiger partial charge in [0.25, 0.3) is 0 Å². The zero-order valence-corrected chi connectivity index (χ0v) is 14.1. The number of nitrogens with two attached hydrogens (primary N) is 1. The minimum absolute atomic E-state index is 0.407. The standard InChI is InChI=1S/C18H22N2O2S/c1-2-13-3-6-15(20-12-13)9-10-22-16-7-4-14(5-8-16)11-17(23)18(19)21/h3-8,12,17,23H,2,9-11H2,1H3,(H2,19,21). The Bertz CT molecular complexity index is 626. The van der Waals surface area contributed by atoms with Crippen molar-refractivity contribution in [1.82, 2.24) is 4.98 Å². The van der Waals surface area contributed by atoms with Crippen molar-refractivity contribution in [2.75, 3.05) is 6.61 Å². The van der Waals surface area contributed by atoms with Crippen LogP contribution in [0, 0.1) is 0 Å². The first-order valence-corrected chi connectivity index (χ1v) is 8.23. The number of amides is 1. The minimum atomic E-state index is -0.459. The lowest BCUT2D eigenvalue weighted by Gasteiger charge is -2.09. The van der Waals surface area contributed by atoms with Gasteiger partial charge in [-0.15, -0.1) is 0 Å². The van der Waals surface area contributed by atoms with Gasteiger partial charge in [0.05, 0.1) is 11.9 Å². The number of benzene rings is 1. The Morgan fingerprint density at radius 1 is 1.22 bits per heavy atom. The molecule has 1 heterocycles. The maximum atomic E-state index is 11.0. The van der Waals surface area contributed by atoms with Gasteiger partial charge in [-0.1, -0.05) is 25.1 Å². The highest BCUT2D eigenvalue weighted by Crippen LogP contribution is 2.15. The van der Waals surface area contributed by atoms with Gasteiger partial charge in [0.1, 0.15) is 5.75 Å². The topological polar surface area (TPSA) is 65.2 Å². The first-order chi connectivity index (χ1) is 11.1. The molecule has 1 amide bonds. The van der Waals surface area contributed by atoms with E-state index < -0.39 is 11.2 Å². The summed E-state index contributed by atoms with van der Waals surface area (Å²) in [6.07, 6.45) is 4.20. The van der Waals surface area contributed by atoms with Gasteiger partial charge < -0.3 is 10.5 Å². The van der Waals surface area contributed by atoms with Crippen LogP contribution in [0.3, 0.4) is 0 Å². The third kappa shape index (κ3) is 5.60. The average molecular weight is 330 g/mol. The molecule has 1 aromatic carbocycles. The molecular formula is C18H22N2O2S. The molecule has 0 aliphatic rings. The Balaban J connectivity index is 1.80. The molecule has 0 saturated heterocycles. The molecule has 23 heavy (non-hydrogen) atoms. The highest BCUT2D eigenvalue weighted by molar-refractivity contribution is 7.81. The zero-order chi connectivity index (χ0) is 16.7. The molecule has 1 unspecified atom stereocenters. The summed E-state index contributed by atoms with van der Waals surface area (Å²) in [7, 11) is 0. The molecule has 4 nitrogen and oxygen atoms in total. The number of carbonyl (C=O) groups excluding carboxylic acids is 1. The van der Waals surface area contributed by atoms with Crippen LogP contribution in [-0.2, 0) is 24.1 Å². The number of aryl methyl sites for hydroxylation is 1. The third-order valence-corrected chi connectivity index (χ3v) is 4.04. The van der Waals surface area contributed by atoms with Crippen LogP contribution in [0.15, 0.2) is 42.6 Å². The molecule has 0 fully saturated rings. The summed E-state index contributed by atoms with van der Waals surface area (Å²) in [5, 5.41) is -0.459. The summed E-state index contributed by atoms with van der Waals surface area (Å²) in [4.78, 5) is 15.4. The average Bonchev–Trinajstić information content (AvgIpc) is 2.57. The van der Waals surface area contributed by atoms with Crippen LogP contribution in [0.4, 0.5) is 0 Å². The summed E-state index contributed by atoms with van der Waals surface area (Å²) in [6.45, 7) is 2.69. The lowest BCUT2D eigenvalue weighted by molar-refractivity contribution is -0.117. The van der Waals surface area contributed by atoms with Gasteiger partial charge in [-0.05, 0) is 42.2 Å². The Labute approximate surface area is 142 Å². The number of ether oxygens (including phenoxy) is 1. The van der Waals surface area contributed by atoms with Gasteiger partial charge in [0, 0.05) is 18.3 Å². The van der Waals surface area contributed by atoms with Crippen LogP contribution < -0.4 is 10.5 Å². The van der Waals surface area contributed by atoms with E-state index in [0.717, 1.165) is 29.8 Å². The lowest BCUT2D eigenvalue weighted by atomic mass is 10.1. The molecule has 1 aromatic heterocycles. The van der Waals surface area contributed by atoms with Gasteiger partial charge in [0.2, 0.25) is 5.91 Å². The zero-order valence-electron chi connectivity index (χ0n) is 13.2.